The third-order valence-electron chi connectivity index (χ3n) is 5.07. The quantitative estimate of drug-likeness (QED) is 0.542. The molecule has 1 atom stereocenters. The van der Waals surface area contributed by atoms with Gasteiger partial charge in [-0.1, -0.05) is 24.3 Å². The van der Waals surface area contributed by atoms with Gasteiger partial charge in [-0.25, -0.2) is 0 Å². The molecule has 6 nitrogen and oxygen atoms in total. The Hall–Kier alpha value is -3.75. The lowest BCUT2D eigenvalue weighted by Crippen LogP contribution is -2.37. The van der Waals surface area contributed by atoms with Crippen molar-refractivity contribution in [2.24, 2.45) is 0 Å². The molecule has 9 heteroatoms. The molecule has 0 saturated heterocycles. The van der Waals surface area contributed by atoms with E-state index < -0.39 is 23.9 Å². The highest BCUT2D eigenvalue weighted by molar-refractivity contribution is 5.95. The summed E-state index contributed by atoms with van der Waals surface area (Å²) in [5.41, 5.74) is 1.10. The minimum absolute atomic E-state index is 0.214. The average molecular weight is 460 g/mol. The molecule has 1 unspecified atom stereocenters. The van der Waals surface area contributed by atoms with Crippen LogP contribution in [0.1, 0.15) is 18.4 Å². The number of nitrogens with one attached hydrogen (secondary N) is 1. The predicted molar refractivity (Wildman–Crippen MR) is 118 cm³/mol. The Bertz CT molecular complexity index is 1150. The molecular formula is C24H23F3N2O4. The van der Waals surface area contributed by atoms with E-state index in [0.29, 0.717) is 0 Å². The molecule has 3 rings (SSSR count). The van der Waals surface area contributed by atoms with Crippen LogP contribution in [0.15, 0.2) is 60.7 Å². The van der Waals surface area contributed by atoms with Crippen LogP contribution in [-0.2, 0) is 9.59 Å². The number of nitrogens with zero attached hydrogens (tertiary/aromatic N) is 1. The van der Waals surface area contributed by atoms with Crippen molar-refractivity contribution in [3.8, 4) is 11.5 Å². The molecule has 0 heterocycles. The molecule has 0 aromatic heterocycles. The van der Waals surface area contributed by atoms with Gasteiger partial charge in [-0.15, -0.1) is 13.2 Å². The molecule has 0 aliphatic rings. The van der Waals surface area contributed by atoms with E-state index in [1.54, 1.807) is 14.0 Å². The number of alkyl halides is 3. The number of likely N-dealkylation sites (N-methyl/N-ethyl adjacent to an activating group) is 1. The first-order chi connectivity index (χ1) is 15.6. The lowest BCUT2D eigenvalue weighted by Gasteiger charge is -2.21. The van der Waals surface area contributed by atoms with Crippen LogP contribution in [0, 0.1) is 0 Å². The maximum atomic E-state index is 12.8. The van der Waals surface area contributed by atoms with Crippen molar-refractivity contribution in [2.45, 2.75) is 19.2 Å². The van der Waals surface area contributed by atoms with E-state index in [-0.39, 0.29) is 18.1 Å². The van der Waals surface area contributed by atoms with E-state index in [4.69, 9.17) is 4.74 Å². The molecule has 0 saturated carbocycles. The molecule has 0 fully saturated rings. The van der Waals surface area contributed by atoms with Crippen molar-refractivity contribution in [3.05, 3.63) is 66.2 Å². The van der Waals surface area contributed by atoms with Crippen LogP contribution in [0.25, 0.3) is 10.8 Å². The number of ether oxygens (including phenoxy) is 2. The van der Waals surface area contributed by atoms with E-state index in [1.807, 2.05) is 36.4 Å². The van der Waals surface area contributed by atoms with Crippen LogP contribution < -0.4 is 14.8 Å². The first kappa shape index (κ1) is 23.9. The van der Waals surface area contributed by atoms with Gasteiger partial charge in [-0.05, 0) is 59.7 Å². The lowest BCUT2D eigenvalue weighted by molar-refractivity contribution is -0.274. The van der Waals surface area contributed by atoms with E-state index in [0.717, 1.165) is 34.2 Å². The van der Waals surface area contributed by atoms with Crippen molar-refractivity contribution >= 4 is 28.3 Å². The van der Waals surface area contributed by atoms with E-state index >= 15 is 0 Å². The van der Waals surface area contributed by atoms with E-state index in [2.05, 4.69) is 10.1 Å². The predicted octanol–water partition coefficient (Wildman–Crippen LogP) is 4.95. The summed E-state index contributed by atoms with van der Waals surface area (Å²) in [4.78, 5) is 26.5. The smallest absolute Gasteiger partial charge is 0.497 e. The Morgan fingerprint density at radius 1 is 0.970 bits per heavy atom. The molecule has 3 aromatic rings. The first-order valence-corrected chi connectivity index (χ1v) is 10.0. The van der Waals surface area contributed by atoms with Crippen molar-refractivity contribution in [2.75, 3.05) is 26.0 Å². The fourth-order valence-electron chi connectivity index (χ4n) is 3.35. The fourth-order valence-corrected chi connectivity index (χ4v) is 3.35. The summed E-state index contributed by atoms with van der Waals surface area (Å²) in [6.07, 6.45) is -4.79. The molecule has 0 radical (unpaired) electrons. The minimum Gasteiger partial charge on any atom is -0.497 e. The van der Waals surface area contributed by atoms with Crippen molar-refractivity contribution in [3.63, 3.8) is 0 Å². The van der Waals surface area contributed by atoms with Gasteiger partial charge in [0.25, 0.3) is 0 Å². The van der Waals surface area contributed by atoms with Gasteiger partial charge in [-0.3, -0.25) is 9.59 Å². The topological polar surface area (TPSA) is 67.9 Å². The summed E-state index contributed by atoms with van der Waals surface area (Å²) in [7, 11) is 3.12. The number of carbonyl (C=O) groups excluding carboxylic acids is 2. The monoisotopic (exact) mass is 460 g/mol. The zero-order valence-electron chi connectivity index (χ0n) is 18.3. The maximum Gasteiger partial charge on any atom is 0.573 e. The zero-order valence-corrected chi connectivity index (χ0v) is 18.3. The maximum absolute atomic E-state index is 12.8. The number of carbonyl (C=O) groups is 2. The molecule has 0 aliphatic carbocycles. The second-order valence-electron chi connectivity index (χ2n) is 7.51. The second-order valence-corrected chi connectivity index (χ2v) is 7.51. The minimum atomic E-state index is -4.79. The Morgan fingerprint density at radius 3 is 2.21 bits per heavy atom. The third-order valence-corrected chi connectivity index (χ3v) is 5.07. The highest BCUT2D eigenvalue weighted by Gasteiger charge is 2.31. The summed E-state index contributed by atoms with van der Waals surface area (Å²) in [5, 5.41) is 4.50. The third kappa shape index (κ3) is 6.38. The van der Waals surface area contributed by atoms with Crippen LogP contribution in [0.4, 0.5) is 18.9 Å². The van der Waals surface area contributed by atoms with Gasteiger partial charge < -0.3 is 19.7 Å². The van der Waals surface area contributed by atoms with Gasteiger partial charge in [0.1, 0.15) is 11.5 Å². The van der Waals surface area contributed by atoms with Crippen molar-refractivity contribution in [1.82, 2.24) is 4.90 Å². The molecule has 33 heavy (non-hydrogen) atoms. The molecule has 1 N–H and O–H groups in total. The standard InChI is InChI=1S/C24H23F3N2O4/c1-15(16-4-5-18-13-21(32-3)9-6-17(18)12-16)23(31)29(2)14-22(30)28-19-7-10-20(11-8-19)33-24(25,26)27/h4-13,15H,14H2,1-3H3,(H,28,30). The normalized spacial score (nSPS) is 12.2. The summed E-state index contributed by atoms with van der Waals surface area (Å²) in [6, 6.07) is 16.1. The number of amides is 2. The van der Waals surface area contributed by atoms with Crippen LogP contribution in [0.2, 0.25) is 0 Å². The van der Waals surface area contributed by atoms with Gasteiger partial charge in [0, 0.05) is 12.7 Å². The lowest BCUT2D eigenvalue weighted by atomic mass is 9.96. The summed E-state index contributed by atoms with van der Waals surface area (Å²) < 4.78 is 45.7. The Morgan fingerprint density at radius 2 is 1.58 bits per heavy atom. The Kier molecular flexibility index (Phi) is 7.10. The largest absolute Gasteiger partial charge is 0.573 e. The Labute approximate surface area is 188 Å². The van der Waals surface area contributed by atoms with Gasteiger partial charge in [0.15, 0.2) is 0 Å². The van der Waals surface area contributed by atoms with Crippen LogP contribution in [0.5, 0.6) is 11.5 Å². The van der Waals surface area contributed by atoms with Crippen LogP contribution in [0.3, 0.4) is 0 Å². The number of hydrogen-bond acceptors (Lipinski definition) is 4. The van der Waals surface area contributed by atoms with Gasteiger partial charge in [-0.2, -0.15) is 0 Å². The van der Waals surface area contributed by atoms with Crippen LogP contribution >= 0.6 is 0 Å². The van der Waals surface area contributed by atoms with Gasteiger partial charge >= 0.3 is 6.36 Å². The van der Waals surface area contributed by atoms with Crippen LogP contribution in [-0.4, -0.2) is 43.8 Å². The first-order valence-electron chi connectivity index (χ1n) is 10.0. The molecule has 0 spiro atoms. The van der Waals surface area contributed by atoms with Gasteiger partial charge in [0.05, 0.1) is 19.6 Å². The Balaban J connectivity index is 1.60. The summed E-state index contributed by atoms with van der Waals surface area (Å²) in [6.45, 7) is 1.55. The summed E-state index contributed by atoms with van der Waals surface area (Å²) >= 11 is 0. The van der Waals surface area contributed by atoms with Crippen molar-refractivity contribution < 1.29 is 32.2 Å². The van der Waals surface area contributed by atoms with Crippen molar-refractivity contribution in [1.29, 1.82) is 0 Å². The number of methoxy groups -OCH3 is 1. The summed E-state index contributed by atoms with van der Waals surface area (Å²) in [5.74, 6) is -0.851. The number of hydrogen-bond donors (Lipinski definition) is 1. The molecule has 2 amide bonds. The molecule has 0 bridgehead atoms. The molecular weight excluding hydrogens is 437 g/mol. The highest BCUT2D eigenvalue weighted by Crippen LogP contribution is 2.26. The van der Waals surface area contributed by atoms with E-state index in [9.17, 15) is 22.8 Å². The molecule has 174 valence electrons. The van der Waals surface area contributed by atoms with Gasteiger partial charge in [0.2, 0.25) is 11.8 Å². The number of fused-ring (bicyclic) bond motifs is 1. The zero-order chi connectivity index (χ0) is 24.2. The number of benzene rings is 3. The van der Waals surface area contributed by atoms with E-state index in [1.165, 1.54) is 24.1 Å². The number of halogens is 3. The number of anilines is 1. The number of rotatable bonds is 7. The second kappa shape index (κ2) is 9.81. The SMILES string of the molecule is COc1ccc2cc(C(C)C(=O)N(C)CC(=O)Nc3ccc(OC(F)(F)F)cc3)ccc2c1. The molecule has 0 aliphatic heterocycles. The fraction of sp³-hybridized carbons (Fsp3) is 0.250. The average Bonchev–Trinajstić information content (AvgIpc) is 2.77. The molecule has 3 aromatic carbocycles. The highest BCUT2D eigenvalue weighted by atomic mass is 19.4.